The van der Waals surface area contributed by atoms with Crippen molar-refractivity contribution in [2.45, 2.75) is 19.8 Å². The molecule has 0 fully saturated rings. The average Bonchev–Trinajstić information content (AvgIpc) is 3.12. The Morgan fingerprint density at radius 3 is 2.78 bits per heavy atom. The third kappa shape index (κ3) is 3.09. The van der Waals surface area contributed by atoms with Crippen LogP contribution >= 0.6 is 11.3 Å². The summed E-state index contributed by atoms with van der Waals surface area (Å²) in [6.45, 7) is 1.76. The quantitative estimate of drug-likeness (QED) is 0.753. The predicted octanol–water partition coefficient (Wildman–Crippen LogP) is 2.61. The highest BCUT2D eigenvalue weighted by Gasteiger charge is 2.16. The number of carboxylic acid groups (broad SMARTS) is 1. The summed E-state index contributed by atoms with van der Waals surface area (Å²) >= 11 is 1.36. The number of hydrogen-bond donors (Lipinski definition) is 2. The molecule has 2 N–H and O–H groups in total. The molecular weight excluding hydrogens is 314 g/mol. The summed E-state index contributed by atoms with van der Waals surface area (Å²) in [7, 11) is 0. The third-order valence-electron chi connectivity index (χ3n) is 3.54. The zero-order valence-electron chi connectivity index (χ0n) is 12.4. The summed E-state index contributed by atoms with van der Waals surface area (Å²) in [6, 6.07) is 9.72. The molecule has 0 aliphatic carbocycles. The van der Waals surface area contributed by atoms with Gasteiger partial charge in [0.25, 0.3) is 5.56 Å². The van der Waals surface area contributed by atoms with Crippen molar-refractivity contribution in [1.29, 1.82) is 0 Å². The number of rotatable bonds is 5. The van der Waals surface area contributed by atoms with Crippen LogP contribution in [0.3, 0.4) is 0 Å². The van der Waals surface area contributed by atoms with Gasteiger partial charge in [-0.2, -0.15) is 4.68 Å². The Kier molecular flexibility index (Phi) is 4.12. The van der Waals surface area contributed by atoms with Crippen molar-refractivity contribution >= 4 is 17.3 Å². The Labute approximate surface area is 136 Å². The number of hydrogen-bond acceptors (Lipinski definition) is 4. The molecule has 0 spiro atoms. The lowest BCUT2D eigenvalue weighted by Gasteiger charge is -1.96. The van der Waals surface area contributed by atoms with E-state index < -0.39 is 5.97 Å². The molecular formula is C16H15N3O3S. The topological polar surface area (TPSA) is 88.0 Å². The van der Waals surface area contributed by atoms with Gasteiger partial charge in [-0.25, -0.2) is 4.98 Å². The summed E-state index contributed by atoms with van der Waals surface area (Å²) < 4.78 is 1.38. The molecule has 0 saturated carbocycles. The lowest BCUT2D eigenvalue weighted by atomic mass is 10.1. The van der Waals surface area contributed by atoms with Gasteiger partial charge < -0.3 is 5.11 Å². The summed E-state index contributed by atoms with van der Waals surface area (Å²) in [5, 5.41) is 14.2. The van der Waals surface area contributed by atoms with Crippen LogP contribution in [-0.4, -0.2) is 25.8 Å². The van der Waals surface area contributed by atoms with Crippen molar-refractivity contribution < 1.29 is 9.90 Å². The third-order valence-corrected chi connectivity index (χ3v) is 4.36. The van der Waals surface area contributed by atoms with E-state index in [1.54, 1.807) is 6.92 Å². The van der Waals surface area contributed by atoms with E-state index >= 15 is 0 Å². The van der Waals surface area contributed by atoms with E-state index in [2.05, 4.69) is 10.1 Å². The minimum Gasteiger partial charge on any atom is -0.481 e. The number of aromatic nitrogens is 3. The second-order valence-corrected chi connectivity index (χ2v) is 5.97. The van der Waals surface area contributed by atoms with Crippen LogP contribution in [0.2, 0.25) is 0 Å². The largest absolute Gasteiger partial charge is 0.481 e. The van der Waals surface area contributed by atoms with Crippen LogP contribution in [0.5, 0.6) is 0 Å². The second kappa shape index (κ2) is 6.21. The van der Waals surface area contributed by atoms with E-state index in [-0.39, 0.29) is 18.4 Å². The molecule has 0 saturated heterocycles. The molecule has 1 aromatic carbocycles. The SMILES string of the molecule is Cc1[nH]n(-c2nc(-c3ccccc3)cs2)c(=O)c1CCC(=O)O. The minimum atomic E-state index is -0.919. The fraction of sp³-hybridized carbons (Fsp3) is 0.188. The van der Waals surface area contributed by atoms with Gasteiger partial charge in [0.05, 0.1) is 5.69 Å². The Morgan fingerprint density at radius 2 is 2.09 bits per heavy atom. The van der Waals surface area contributed by atoms with Gasteiger partial charge >= 0.3 is 5.97 Å². The number of carboxylic acids is 1. The van der Waals surface area contributed by atoms with Crippen LogP contribution < -0.4 is 5.56 Å². The highest BCUT2D eigenvalue weighted by atomic mass is 32.1. The first kappa shape index (κ1) is 15.2. The number of thiazole rings is 1. The van der Waals surface area contributed by atoms with Crippen LogP contribution in [0.15, 0.2) is 40.5 Å². The lowest BCUT2D eigenvalue weighted by molar-refractivity contribution is -0.136. The number of nitrogens with zero attached hydrogens (tertiary/aromatic N) is 2. The smallest absolute Gasteiger partial charge is 0.303 e. The number of aliphatic carboxylic acids is 1. The molecule has 0 unspecified atom stereocenters. The Balaban J connectivity index is 1.94. The van der Waals surface area contributed by atoms with E-state index in [4.69, 9.17) is 5.11 Å². The van der Waals surface area contributed by atoms with E-state index in [0.717, 1.165) is 11.3 Å². The Bertz CT molecular complexity index is 893. The van der Waals surface area contributed by atoms with Crippen molar-refractivity contribution in [3.63, 3.8) is 0 Å². The van der Waals surface area contributed by atoms with Gasteiger partial charge in [0.2, 0.25) is 5.13 Å². The number of H-pyrrole nitrogens is 1. The van der Waals surface area contributed by atoms with Crippen molar-refractivity contribution in [3.05, 3.63) is 57.3 Å². The highest BCUT2D eigenvalue weighted by molar-refractivity contribution is 7.12. The summed E-state index contributed by atoms with van der Waals surface area (Å²) in [4.78, 5) is 27.7. The van der Waals surface area contributed by atoms with Gasteiger partial charge in [-0.05, 0) is 13.3 Å². The number of nitrogens with one attached hydrogen (secondary N) is 1. The molecule has 0 aliphatic heterocycles. The minimum absolute atomic E-state index is 0.0684. The fourth-order valence-corrected chi connectivity index (χ4v) is 3.14. The molecule has 0 atom stereocenters. The zero-order chi connectivity index (χ0) is 16.4. The van der Waals surface area contributed by atoms with Crippen LogP contribution in [0.1, 0.15) is 17.7 Å². The molecule has 0 radical (unpaired) electrons. The molecule has 0 amide bonds. The maximum atomic E-state index is 12.5. The average molecular weight is 329 g/mol. The molecule has 0 aliphatic rings. The van der Waals surface area contributed by atoms with Crippen LogP contribution in [0.4, 0.5) is 0 Å². The van der Waals surface area contributed by atoms with Gasteiger partial charge in [-0.1, -0.05) is 30.3 Å². The fourth-order valence-electron chi connectivity index (χ4n) is 2.35. The van der Waals surface area contributed by atoms with Crippen molar-refractivity contribution in [1.82, 2.24) is 14.8 Å². The van der Waals surface area contributed by atoms with Crippen LogP contribution in [0.25, 0.3) is 16.4 Å². The maximum Gasteiger partial charge on any atom is 0.303 e. The molecule has 0 bridgehead atoms. The molecule has 2 heterocycles. The summed E-state index contributed by atoms with van der Waals surface area (Å²) in [5.41, 5.74) is 2.71. The standard InChI is InChI=1S/C16H15N3O3S/c1-10-12(7-8-14(20)21)15(22)19(18-10)16-17-13(9-23-16)11-5-3-2-4-6-11/h2-6,9,18H,7-8H2,1H3,(H,20,21). The lowest BCUT2D eigenvalue weighted by Crippen LogP contribution is -2.17. The summed E-state index contributed by atoms with van der Waals surface area (Å²) in [6.07, 6.45) is 0.140. The molecule has 2 aromatic heterocycles. The molecule has 3 aromatic rings. The van der Waals surface area contributed by atoms with E-state index in [1.807, 2.05) is 35.7 Å². The van der Waals surface area contributed by atoms with Crippen molar-refractivity contribution in [2.24, 2.45) is 0 Å². The Hall–Kier alpha value is -2.67. The first-order chi connectivity index (χ1) is 11.1. The monoisotopic (exact) mass is 329 g/mol. The van der Waals surface area contributed by atoms with E-state index in [9.17, 15) is 9.59 Å². The van der Waals surface area contributed by atoms with E-state index in [1.165, 1.54) is 16.0 Å². The Morgan fingerprint density at radius 1 is 1.35 bits per heavy atom. The van der Waals surface area contributed by atoms with Gasteiger partial charge in [0.1, 0.15) is 0 Å². The van der Waals surface area contributed by atoms with Gasteiger partial charge in [0.15, 0.2) is 0 Å². The maximum absolute atomic E-state index is 12.5. The second-order valence-electron chi connectivity index (χ2n) is 5.13. The first-order valence-corrected chi connectivity index (χ1v) is 7.98. The molecule has 7 heteroatoms. The van der Waals surface area contributed by atoms with E-state index in [0.29, 0.717) is 16.4 Å². The number of aromatic amines is 1. The molecule has 118 valence electrons. The number of carbonyl (C=O) groups is 1. The first-order valence-electron chi connectivity index (χ1n) is 7.10. The van der Waals surface area contributed by atoms with Gasteiger partial charge in [0, 0.05) is 28.6 Å². The van der Waals surface area contributed by atoms with Gasteiger partial charge in [-0.3, -0.25) is 14.7 Å². The molecule has 3 rings (SSSR count). The molecule has 6 nitrogen and oxygen atoms in total. The van der Waals surface area contributed by atoms with Crippen LogP contribution in [0, 0.1) is 6.92 Å². The molecule has 23 heavy (non-hydrogen) atoms. The predicted molar refractivity (Wildman–Crippen MR) is 88.2 cm³/mol. The van der Waals surface area contributed by atoms with Gasteiger partial charge in [-0.15, -0.1) is 11.3 Å². The number of benzene rings is 1. The normalized spacial score (nSPS) is 10.8. The highest BCUT2D eigenvalue weighted by Crippen LogP contribution is 2.23. The van der Waals surface area contributed by atoms with Crippen molar-refractivity contribution in [2.75, 3.05) is 0 Å². The number of aryl methyl sites for hydroxylation is 1. The summed E-state index contributed by atoms with van der Waals surface area (Å²) in [5.74, 6) is -0.919. The van der Waals surface area contributed by atoms with Crippen LogP contribution in [-0.2, 0) is 11.2 Å². The van der Waals surface area contributed by atoms with Crippen molar-refractivity contribution in [3.8, 4) is 16.4 Å². The zero-order valence-corrected chi connectivity index (χ0v) is 13.3.